The van der Waals surface area contributed by atoms with Gasteiger partial charge < -0.3 is 14.2 Å². The number of halogens is 2. The number of hydrogen-bond donors (Lipinski definition) is 0. The molecule has 162 valence electrons. The van der Waals surface area contributed by atoms with Gasteiger partial charge in [-0.25, -0.2) is 8.78 Å². The van der Waals surface area contributed by atoms with Gasteiger partial charge in [0.1, 0.15) is 12.1 Å². The number of rotatable bonds is 7. The van der Waals surface area contributed by atoms with Crippen molar-refractivity contribution in [2.75, 3.05) is 13.7 Å². The molecule has 0 saturated carbocycles. The van der Waals surface area contributed by atoms with E-state index in [4.69, 9.17) is 4.74 Å². The number of aromatic nitrogens is 3. The monoisotopic (exact) mass is 426 g/mol. The molecule has 4 rings (SSSR count). The Bertz CT molecular complexity index is 1040. The number of ether oxygens (including phenoxy) is 1. The first kappa shape index (κ1) is 21.0. The fourth-order valence-electron chi connectivity index (χ4n) is 4.03. The third-order valence-electron chi connectivity index (χ3n) is 5.53. The van der Waals surface area contributed by atoms with Gasteiger partial charge in [-0.3, -0.25) is 4.79 Å². The van der Waals surface area contributed by atoms with Gasteiger partial charge in [-0.15, -0.1) is 10.2 Å². The highest BCUT2D eigenvalue weighted by atomic mass is 19.3. The van der Waals surface area contributed by atoms with Crippen molar-refractivity contribution in [1.82, 2.24) is 19.7 Å². The molecule has 1 amide bonds. The molecule has 1 aliphatic heterocycles. The molecule has 2 aromatic carbocycles. The third-order valence-corrected chi connectivity index (χ3v) is 5.53. The molecule has 0 spiro atoms. The molecular weight excluding hydrogens is 402 g/mol. The number of amides is 1. The van der Waals surface area contributed by atoms with Gasteiger partial charge in [0.05, 0.1) is 26.2 Å². The highest BCUT2D eigenvalue weighted by molar-refractivity contribution is 5.77. The highest BCUT2D eigenvalue weighted by Gasteiger charge is 2.49. The van der Waals surface area contributed by atoms with E-state index in [1.165, 1.54) is 11.2 Å². The zero-order valence-corrected chi connectivity index (χ0v) is 17.2. The zero-order chi connectivity index (χ0) is 21.8. The largest absolute Gasteiger partial charge is 0.496 e. The molecule has 3 aromatic rings. The SMILES string of the molecule is COc1ccccc1CCC(=O)N1CC(F)(F)C[C@H]1c1nncn1Cc1ccccc1. The number of methoxy groups -OCH3 is 1. The van der Waals surface area contributed by atoms with Gasteiger partial charge in [0.15, 0.2) is 5.82 Å². The summed E-state index contributed by atoms with van der Waals surface area (Å²) in [7, 11) is 1.57. The molecule has 8 heteroatoms. The number of nitrogens with zero attached hydrogens (tertiary/aromatic N) is 4. The average molecular weight is 426 g/mol. The molecule has 0 radical (unpaired) electrons. The van der Waals surface area contributed by atoms with Gasteiger partial charge in [-0.2, -0.15) is 0 Å². The molecule has 1 aliphatic rings. The normalized spacial score (nSPS) is 17.6. The van der Waals surface area contributed by atoms with Crippen LogP contribution in [0.25, 0.3) is 0 Å². The third kappa shape index (κ3) is 4.73. The Kier molecular flexibility index (Phi) is 5.97. The minimum absolute atomic E-state index is 0.111. The quantitative estimate of drug-likeness (QED) is 0.575. The smallest absolute Gasteiger partial charge is 0.267 e. The van der Waals surface area contributed by atoms with Crippen LogP contribution < -0.4 is 4.74 Å². The van der Waals surface area contributed by atoms with Crippen LogP contribution in [0, 0.1) is 0 Å². The lowest BCUT2D eigenvalue weighted by atomic mass is 10.1. The van der Waals surface area contributed by atoms with E-state index >= 15 is 0 Å². The Morgan fingerprint density at radius 3 is 2.68 bits per heavy atom. The maximum absolute atomic E-state index is 14.4. The summed E-state index contributed by atoms with van der Waals surface area (Å²) in [6.45, 7) is -0.158. The summed E-state index contributed by atoms with van der Waals surface area (Å²) >= 11 is 0. The number of hydrogen-bond acceptors (Lipinski definition) is 4. The first-order valence-electron chi connectivity index (χ1n) is 10.2. The number of alkyl halides is 2. The minimum Gasteiger partial charge on any atom is -0.496 e. The van der Waals surface area contributed by atoms with Crippen LogP contribution in [0.15, 0.2) is 60.9 Å². The first-order chi connectivity index (χ1) is 15.0. The lowest BCUT2D eigenvalue weighted by Crippen LogP contribution is -2.34. The van der Waals surface area contributed by atoms with Crippen LogP contribution in [0.5, 0.6) is 5.75 Å². The first-order valence-corrected chi connectivity index (χ1v) is 10.2. The number of para-hydroxylation sites is 1. The lowest BCUT2D eigenvalue weighted by Gasteiger charge is -2.24. The molecule has 0 aliphatic carbocycles. The second-order valence-corrected chi connectivity index (χ2v) is 7.71. The van der Waals surface area contributed by atoms with Crippen LogP contribution in [-0.4, -0.2) is 45.1 Å². The second-order valence-electron chi connectivity index (χ2n) is 7.71. The molecule has 6 nitrogen and oxygen atoms in total. The fraction of sp³-hybridized carbons (Fsp3) is 0.348. The Balaban J connectivity index is 1.52. The van der Waals surface area contributed by atoms with Crippen LogP contribution in [0.1, 0.15) is 35.8 Å². The number of carbonyl (C=O) groups is 1. The Morgan fingerprint density at radius 1 is 1.16 bits per heavy atom. The maximum Gasteiger partial charge on any atom is 0.267 e. The summed E-state index contributed by atoms with van der Waals surface area (Å²) in [6.07, 6.45) is 1.59. The van der Waals surface area contributed by atoms with Gasteiger partial charge in [0.2, 0.25) is 5.91 Å². The van der Waals surface area contributed by atoms with Gasteiger partial charge in [0.25, 0.3) is 5.92 Å². The van der Waals surface area contributed by atoms with Crippen LogP contribution in [0.2, 0.25) is 0 Å². The summed E-state index contributed by atoms with van der Waals surface area (Å²) in [5, 5.41) is 8.04. The van der Waals surface area contributed by atoms with E-state index in [2.05, 4.69) is 10.2 Å². The standard InChI is InChI=1S/C23H24F2N4O2/c1-31-20-10-6-5-9-18(20)11-12-21(30)29-15-23(24,25)13-19(29)22-27-26-16-28(22)14-17-7-3-2-4-8-17/h2-10,16,19H,11-15H2,1H3/t19-/m0/s1. The molecule has 0 bridgehead atoms. The topological polar surface area (TPSA) is 60.2 Å². The minimum atomic E-state index is -2.96. The van der Waals surface area contributed by atoms with E-state index in [9.17, 15) is 13.6 Å². The number of carbonyl (C=O) groups excluding carboxylic acids is 1. The van der Waals surface area contributed by atoms with Crippen LogP contribution in [0.3, 0.4) is 0 Å². The molecule has 0 N–H and O–H groups in total. The number of aryl methyl sites for hydroxylation is 1. The van der Waals surface area contributed by atoms with Gasteiger partial charge >= 0.3 is 0 Å². The summed E-state index contributed by atoms with van der Waals surface area (Å²) in [4.78, 5) is 14.2. The highest BCUT2D eigenvalue weighted by Crippen LogP contribution is 2.41. The molecule has 2 heterocycles. The predicted octanol–water partition coefficient (Wildman–Crippen LogP) is 3.88. The molecule has 1 saturated heterocycles. The molecule has 31 heavy (non-hydrogen) atoms. The number of benzene rings is 2. The molecule has 1 atom stereocenters. The van der Waals surface area contributed by atoms with E-state index in [1.54, 1.807) is 11.7 Å². The molecular formula is C23H24F2N4O2. The van der Waals surface area contributed by atoms with Crippen LogP contribution in [0.4, 0.5) is 8.78 Å². The summed E-state index contributed by atoms with van der Waals surface area (Å²) < 4.78 is 35.8. The molecule has 1 fully saturated rings. The lowest BCUT2D eigenvalue weighted by molar-refractivity contribution is -0.133. The summed E-state index contributed by atoms with van der Waals surface area (Å²) in [5.74, 6) is -2.23. The van der Waals surface area contributed by atoms with E-state index in [0.717, 1.165) is 11.1 Å². The second kappa shape index (κ2) is 8.83. The van der Waals surface area contributed by atoms with Crippen molar-refractivity contribution in [3.05, 3.63) is 77.9 Å². The fourth-order valence-corrected chi connectivity index (χ4v) is 4.03. The Hall–Kier alpha value is -3.29. The van der Waals surface area contributed by atoms with Crippen molar-refractivity contribution >= 4 is 5.91 Å². The molecule has 1 aromatic heterocycles. The van der Waals surface area contributed by atoms with Gasteiger partial charge in [-0.1, -0.05) is 48.5 Å². The van der Waals surface area contributed by atoms with E-state index < -0.39 is 24.9 Å². The van der Waals surface area contributed by atoms with E-state index in [-0.39, 0.29) is 12.3 Å². The average Bonchev–Trinajstić information content (AvgIpc) is 3.36. The van der Waals surface area contributed by atoms with Gasteiger partial charge in [0, 0.05) is 12.8 Å². The number of likely N-dealkylation sites (tertiary alicyclic amines) is 1. The van der Waals surface area contributed by atoms with Gasteiger partial charge in [-0.05, 0) is 23.6 Å². The van der Waals surface area contributed by atoms with Crippen LogP contribution >= 0.6 is 0 Å². The van der Waals surface area contributed by atoms with Crippen molar-refractivity contribution in [2.45, 2.75) is 37.8 Å². The Labute approximate surface area is 179 Å². The van der Waals surface area contributed by atoms with E-state index in [1.807, 2.05) is 54.6 Å². The van der Waals surface area contributed by atoms with Crippen molar-refractivity contribution in [3.8, 4) is 5.75 Å². The summed E-state index contributed by atoms with van der Waals surface area (Å²) in [6, 6.07) is 16.2. The van der Waals surface area contributed by atoms with Crippen molar-refractivity contribution in [2.24, 2.45) is 0 Å². The van der Waals surface area contributed by atoms with Crippen molar-refractivity contribution < 1.29 is 18.3 Å². The predicted molar refractivity (Wildman–Crippen MR) is 111 cm³/mol. The maximum atomic E-state index is 14.4. The van der Waals surface area contributed by atoms with Crippen molar-refractivity contribution in [1.29, 1.82) is 0 Å². The zero-order valence-electron chi connectivity index (χ0n) is 17.2. The molecule has 0 unspecified atom stereocenters. The summed E-state index contributed by atoms with van der Waals surface area (Å²) in [5.41, 5.74) is 1.87. The Morgan fingerprint density at radius 2 is 1.90 bits per heavy atom. The van der Waals surface area contributed by atoms with E-state index in [0.29, 0.717) is 24.5 Å². The van der Waals surface area contributed by atoms with Crippen LogP contribution in [-0.2, 0) is 17.8 Å². The van der Waals surface area contributed by atoms with Crippen molar-refractivity contribution in [3.63, 3.8) is 0 Å².